The highest BCUT2D eigenvalue weighted by Gasteiger charge is 2.64. The number of nitrogens with one attached hydrogen (secondary N) is 3. The Balaban J connectivity index is 1.21. The van der Waals surface area contributed by atoms with Crippen molar-refractivity contribution in [3.8, 4) is 0 Å². The fourth-order valence-corrected chi connectivity index (χ4v) is 5.64. The molecule has 26 heavy (non-hydrogen) atoms. The second-order valence-electron chi connectivity index (χ2n) is 9.01. The molecule has 0 bridgehead atoms. The predicted molar refractivity (Wildman–Crippen MR) is 96.4 cm³/mol. The normalized spacial score (nSPS) is 37.1. The third-order valence-corrected chi connectivity index (χ3v) is 7.13. The second kappa shape index (κ2) is 6.43. The molecule has 4 fully saturated rings. The Morgan fingerprint density at radius 1 is 1.15 bits per heavy atom. The first kappa shape index (κ1) is 17.6. The van der Waals surface area contributed by atoms with E-state index < -0.39 is 5.54 Å². The minimum Gasteiger partial charge on any atom is -0.338 e. The van der Waals surface area contributed by atoms with Gasteiger partial charge in [0.05, 0.1) is 0 Å². The number of urea groups is 2. The topological polar surface area (TPSA) is 90.5 Å². The van der Waals surface area contributed by atoms with Gasteiger partial charge in [-0.15, -0.1) is 0 Å². The maximum Gasteiger partial charge on any atom is 0.324 e. The third kappa shape index (κ3) is 3.05. The summed E-state index contributed by atoms with van der Waals surface area (Å²) in [6.07, 6.45) is 10.5. The summed E-state index contributed by atoms with van der Waals surface area (Å²) in [4.78, 5) is 37.4. The molecule has 144 valence electrons. The first-order valence-corrected chi connectivity index (χ1v) is 10.1. The zero-order chi connectivity index (χ0) is 18.4. The largest absolute Gasteiger partial charge is 0.338 e. The Morgan fingerprint density at radius 3 is 2.38 bits per heavy atom. The minimum atomic E-state index is -0.648. The fraction of sp³-hybridized carbons (Fsp3) is 0.842. The molecule has 1 saturated heterocycles. The van der Waals surface area contributed by atoms with Crippen LogP contribution in [0.5, 0.6) is 0 Å². The molecular weight excluding hydrogens is 332 g/mol. The van der Waals surface area contributed by atoms with Crippen LogP contribution in [0.1, 0.15) is 64.2 Å². The number of carbonyl (C=O) groups excluding carboxylic acids is 3. The van der Waals surface area contributed by atoms with Crippen LogP contribution in [0.4, 0.5) is 9.59 Å². The lowest BCUT2D eigenvalue weighted by Gasteiger charge is -2.55. The molecule has 0 aromatic rings. The molecule has 0 unspecified atom stereocenters. The van der Waals surface area contributed by atoms with Crippen molar-refractivity contribution < 1.29 is 14.4 Å². The van der Waals surface area contributed by atoms with Gasteiger partial charge < -0.3 is 16.0 Å². The van der Waals surface area contributed by atoms with Crippen LogP contribution in [-0.4, -0.2) is 48.0 Å². The molecule has 2 spiro atoms. The summed E-state index contributed by atoms with van der Waals surface area (Å²) >= 11 is 0. The van der Waals surface area contributed by atoms with Crippen LogP contribution in [0.2, 0.25) is 0 Å². The highest BCUT2D eigenvalue weighted by atomic mass is 16.2. The van der Waals surface area contributed by atoms with E-state index in [0.717, 1.165) is 45.1 Å². The van der Waals surface area contributed by atoms with Crippen LogP contribution in [0, 0.1) is 11.3 Å². The molecule has 5 amide bonds. The Labute approximate surface area is 154 Å². The summed E-state index contributed by atoms with van der Waals surface area (Å²) in [5.74, 6) is 0.568. The number of rotatable bonds is 3. The lowest BCUT2D eigenvalue weighted by atomic mass is 9.51. The van der Waals surface area contributed by atoms with Gasteiger partial charge in [-0.1, -0.05) is 12.8 Å². The molecule has 7 heteroatoms. The lowest BCUT2D eigenvalue weighted by Crippen LogP contribution is -2.63. The van der Waals surface area contributed by atoms with E-state index in [2.05, 4.69) is 16.0 Å². The van der Waals surface area contributed by atoms with Gasteiger partial charge in [0.25, 0.3) is 5.91 Å². The zero-order valence-electron chi connectivity index (χ0n) is 15.6. The van der Waals surface area contributed by atoms with E-state index in [1.54, 1.807) is 7.05 Å². The Bertz CT molecular complexity index is 598. The number of nitrogens with zero attached hydrogens (tertiary/aromatic N) is 1. The Morgan fingerprint density at radius 2 is 1.81 bits per heavy atom. The lowest BCUT2D eigenvalue weighted by molar-refractivity contribution is -0.141. The van der Waals surface area contributed by atoms with E-state index in [-0.39, 0.29) is 29.4 Å². The first-order valence-electron chi connectivity index (χ1n) is 10.1. The van der Waals surface area contributed by atoms with Gasteiger partial charge in [-0.25, -0.2) is 9.59 Å². The van der Waals surface area contributed by atoms with Crippen LogP contribution in [-0.2, 0) is 4.79 Å². The molecule has 3 N–H and O–H groups in total. The molecule has 0 atom stereocenters. The van der Waals surface area contributed by atoms with Crippen LogP contribution in [0.25, 0.3) is 0 Å². The van der Waals surface area contributed by atoms with Crippen molar-refractivity contribution in [2.75, 3.05) is 13.6 Å². The van der Waals surface area contributed by atoms with E-state index in [1.807, 2.05) is 0 Å². The Kier molecular flexibility index (Phi) is 4.35. The van der Waals surface area contributed by atoms with Crippen LogP contribution >= 0.6 is 0 Å². The molecule has 3 aliphatic carbocycles. The average Bonchev–Trinajstić information content (AvgIpc) is 3.18. The van der Waals surface area contributed by atoms with Crippen molar-refractivity contribution in [3.63, 3.8) is 0 Å². The van der Waals surface area contributed by atoms with Gasteiger partial charge in [-0.3, -0.25) is 9.69 Å². The second-order valence-corrected chi connectivity index (χ2v) is 9.01. The van der Waals surface area contributed by atoms with Crippen LogP contribution in [0.3, 0.4) is 0 Å². The molecular formula is C19H30N4O3. The van der Waals surface area contributed by atoms with E-state index in [1.165, 1.54) is 30.6 Å². The van der Waals surface area contributed by atoms with Crippen molar-refractivity contribution in [2.45, 2.75) is 75.8 Å². The maximum absolute atomic E-state index is 12.3. The van der Waals surface area contributed by atoms with E-state index in [0.29, 0.717) is 5.92 Å². The number of amides is 5. The SMILES string of the molecule is CN1C(=O)NC2(CC3(CCC(NC(=O)NCC4CCCC4)CC3)C2)C1=O. The monoisotopic (exact) mass is 362 g/mol. The van der Waals surface area contributed by atoms with Crippen molar-refractivity contribution in [1.82, 2.24) is 20.9 Å². The highest BCUT2D eigenvalue weighted by molar-refractivity contribution is 6.07. The van der Waals surface area contributed by atoms with Crippen molar-refractivity contribution in [2.24, 2.45) is 11.3 Å². The predicted octanol–water partition coefficient (Wildman–Crippen LogP) is 2.12. The van der Waals surface area contributed by atoms with Gasteiger partial charge in [0.15, 0.2) is 0 Å². The fourth-order valence-electron chi connectivity index (χ4n) is 5.64. The Hall–Kier alpha value is -1.79. The van der Waals surface area contributed by atoms with Crippen molar-refractivity contribution in [1.29, 1.82) is 0 Å². The number of hydrogen-bond donors (Lipinski definition) is 3. The molecule has 4 rings (SSSR count). The quantitative estimate of drug-likeness (QED) is 0.672. The smallest absolute Gasteiger partial charge is 0.324 e. The molecule has 1 heterocycles. The number of imide groups is 1. The molecule has 0 aromatic heterocycles. The molecule has 0 radical (unpaired) electrons. The highest BCUT2D eigenvalue weighted by Crippen LogP contribution is 2.58. The summed E-state index contributed by atoms with van der Waals surface area (Å²) in [7, 11) is 1.54. The summed E-state index contributed by atoms with van der Waals surface area (Å²) < 4.78 is 0. The molecule has 0 aromatic carbocycles. The van der Waals surface area contributed by atoms with E-state index >= 15 is 0 Å². The average molecular weight is 362 g/mol. The number of carbonyl (C=O) groups is 3. The maximum atomic E-state index is 12.3. The van der Waals surface area contributed by atoms with Gasteiger partial charge in [-0.05, 0) is 62.7 Å². The summed E-state index contributed by atoms with van der Waals surface area (Å²) in [5.41, 5.74) is -0.489. The third-order valence-electron chi connectivity index (χ3n) is 7.13. The van der Waals surface area contributed by atoms with Gasteiger partial charge in [-0.2, -0.15) is 0 Å². The van der Waals surface area contributed by atoms with Crippen LogP contribution < -0.4 is 16.0 Å². The van der Waals surface area contributed by atoms with E-state index in [9.17, 15) is 14.4 Å². The molecule has 3 saturated carbocycles. The summed E-state index contributed by atoms with van der Waals surface area (Å²) in [6, 6.07) is -0.0979. The van der Waals surface area contributed by atoms with Gasteiger partial charge >= 0.3 is 12.1 Å². The number of likely N-dealkylation sites (N-methyl/N-ethyl adjacent to an activating group) is 1. The summed E-state index contributed by atoms with van der Waals surface area (Å²) in [5, 5.41) is 9.03. The van der Waals surface area contributed by atoms with Crippen LogP contribution in [0.15, 0.2) is 0 Å². The van der Waals surface area contributed by atoms with Gasteiger partial charge in [0.2, 0.25) is 0 Å². The van der Waals surface area contributed by atoms with Crippen molar-refractivity contribution >= 4 is 18.0 Å². The zero-order valence-corrected chi connectivity index (χ0v) is 15.6. The standard InChI is InChI=1S/C19H30N4O3/c1-23-15(24)19(22-17(23)26)11-18(12-19)8-6-14(7-9-18)21-16(25)20-10-13-4-2-3-5-13/h13-14H,2-12H2,1H3,(H,22,26)(H2,20,21,25). The molecule has 7 nitrogen and oxygen atoms in total. The first-order chi connectivity index (χ1) is 12.4. The molecule has 4 aliphatic rings. The van der Waals surface area contributed by atoms with Gasteiger partial charge in [0, 0.05) is 19.6 Å². The van der Waals surface area contributed by atoms with Gasteiger partial charge in [0.1, 0.15) is 5.54 Å². The van der Waals surface area contributed by atoms with Crippen molar-refractivity contribution in [3.05, 3.63) is 0 Å². The van der Waals surface area contributed by atoms with E-state index in [4.69, 9.17) is 0 Å². The number of hydrogen-bond acceptors (Lipinski definition) is 3. The summed E-state index contributed by atoms with van der Waals surface area (Å²) in [6.45, 7) is 0.792. The molecule has 1 aliphatic heterocycles. The minimum absolute atomic E-state index is 0.0391.